The third kappa shape index (κ3) is 8.38. The molecule has 0 radical (unpaired) electrons. The summed E-state index contributed by atoms with van der Waals surface area (Å²) in [6, 6.07) is 0.761. The second-order valence-corrected chi connectivity index (χ2v) is 4.89. The van der Waals surface area contributed by atoms with Crippen LogP contribution in [-0.2, 0) is 11.3 Å². The Morgan fingerprint density at radius 1 is 1.52 bits per heavy atom. The summed E-state index contributed by atoms with van der Waals surface area (Å²) in [6.45, 7) is 3.30. The standard InChI is InChI=1S/C7H10N2OS.C6H14N2O2/c1-2-5-9-6(10)3-4-8-7(9)11;7-4-2-1-3-5(8)6(9)10/h3-4H,2,5H2,1H3,(H,8,11);5H,1-4,7-8H2,(H,9,10)/t;5-/m.0/s1. The van der Waals surface area contributed by atoms with E-state index in [9.17, 15) is 9.59 Å². The van der Waals surface area contributed by atoms with Gasteiger partial charge in [0.15, 0.2) is 4.77 Å². The normalized spacial score (nSPS) is 11.4. The molecule has 0 fully saturated rings. The summed E-state index contributed by atoms with van der Waals surface area (Å²) < 4.78 is 2.05. The Morgan fingerprint density at radius 3 is 2.67 bits per heavy atom. The molecule has 0 spiro atoms. The number of hydrogen-bond acceptors (Lipinski definition) is 5. The Hall–Kier alpha value is -1.51. The molecule has 21 heavy (non-hydrogen) atoms. The molecule has 1 aromatic rings. The number of hydrogen-bond donors (Lipinski definition) is 4. The number of aromatic nitrogens is 2. The van der Waals surface area contributed by atoms with Crippen LogP contribution in [-0.4, -0.2) is 33.2 Å². The first-order valence-electron chi connectivity index (χ1n) is 6.91. The van der Waals surface area contributed by atoms with E-state index in [0.717, 1.165) is 19.3 Å². The van der Waals surface area contributed by atoms with E-state index < -0.39 is 12.0 Å². The van der Waals surface area contributed by atoms with E-state index >= 15 is 0 Å². The van der Waals surface area contributed by atoms with Crippen molar-refractivity contribution in [3.8, 4) is 0 Å². The maximum atomic E-state index is 11.1. The molecular weight excluding hydrogens is 292 g/mol. The SMILES string of the molecule is CCCn1c(=O)cc[nH]c1=S.NCCCC[C@H](N)C(=O)O. The number of nitrogens with two attached hydrogens (primary N) is 2. The fraction of sp³-hybridized carbons (Fsp3) is 0.615. The summed E-state index contributed by atoms with van der Waals surface area (Å²) in [6.07, 6.45) is 4.65. The molecule has 1 heterocycles. The van der Waals surface area contributed by atoms with Crippen LogP contribution in [0.3, 0.4) is 0 Å². The van der Waals surface area contributed by atoms with Gasteiger partial charge in [0.1, 0.15) is 6.04 Å². The quantitative estimate of drug-likeness (QED) is 0.436. The second-order valence-electron chi connectivity index (χ2n) is 4.50. The average molecular weight is 316 g/mol. The minimum atomic E-state index is -0.933. The molecule has 1 atom stereocenters. The maximum absolute atomic E-state index is 11.1. The Kier molecular flexibility index (Phi) is 10.4. The van der Waals surface area contributed by atoms with Crippen molar-refractivity contribution in [3.05, 3.63) is 27.4 Å². The summed E-state index contributed by atoms with van der Waals surface area (Å²) in [7, 11) is 0. The number of nitrogens with one attached hydrogen (secondary N) is 1. The highest BCUT2D eigenvalue weighted by Crippen LogP contribution is 1.96. The molecular formula is C13H24N4O3S. The van der Waals surface area contributed by atoms with E-state index in [0.29, 0.717) is 24.3 Å². The van der Waals surface area contributed by atoms with Crippen molar-refractivity contribution in [3.63, 3.8) is 0 Å². The van der Waals surface area contributed by atoms with Crippen molar-refractivity contribution in [1.29, 1.82) is 0 Å². The van der Waals surface area contributed by atoms with E-state index in [1.54, 1.807) is 10.8 Å². The number of unbranched alkanes of at least 4 members (excludes halogenated alkanes) is 1. The van der Waals surface area contributed by atoms with Crippen LogP contribution < -0.4 is 17.0 Å². The van der Waals surface area contributed by atoms with Gasteiger partial charge in [0, 0.05) is 18.8 Å². The van der Waals surface area contributed by atoms with Crippen LogP contribution in [0.2, 0.25) is 0 Å². The van der Waals surface area contributed by atoms with Crippen molar-refractivity contribution in [2.75, 3.05) is 6.54 Å². The summed E-state index contributed by atoms with van der Waals surface area (Å²) in [5, 5.41) is 8.33. The minimum absolute atomic E-state index is 0.0319. The summed E-state index contributed by atoms with van der Waals surface area (Å²) in [5.41, 5.74) is 10.4. The fourth-order valence-corrected chi connectivity index (χ4v) is 1.77. The highest BCUT2D eigenvalue weighted by molar-refractivity contribution is 7.71. The third-order valence-electron chi connectivity index (χ3n) is 2.68. The first kappa shape index (κ1) is 19.5. The van der Waals surface area contributed by atoms with Crippen LogP contribution in [0.5, 0.6) is 0 Å². The number of rotatable bonds is 7. The van der Waals surface area contributed by atoms with E-state index in [2.05, 4.69) is 4.98 Å². The Balaban J connectivity index is 0.000000384. The predicted octanol–water partition coefficient (Wildman–Crippen LogP) is 0.843. The van der Waals surface area contributed by atoms with Gasteiger partial charge >= 0.3 is 5.97 Å². The molecule has 0 saturated heterocycles. The monoisotopic (exact) mass is 316 g/mol. The van der Waals surface area contributed by atoms with Crippen LogP contribution >= 0.6 is 12.2 Å². The van der Waals surface area contributed by atoms with E-state index in [4.69, 9.17) is 28.8 Å². The van der Waals surface area contributed by atoms with Crippen LogP contribution in [0.1, 0.15) is 32.6 Å². The van der Waals surface area contributed by atoms with Crippen molar-refractivity contribution in [2.24, 2.45) is 11.5 Å². The number of carboxylic acids is 1. The van der Waals surface area contributed by atoms with Crippen LogP contribution in [0.25, 0.3) is 0 Å². The van der Waals surface area contributed by atoms with E-state index in [1.165, 1.54) is 6.07 Å². The van der Waals surface area contributed by atoms with Gasteiger partial charge in [0.2, 0.25) is 0 Å². The van der Waals surface area contributed by atoms with Crippen LogP contribution in [0.15, 0.2) is 17.1 Å². The highest BCUT2D eigenvalue weighted by atomic mass is 32.1. The zero-order valence-electron chi connectivity index (χ0n) is 12.2. The summed E-state index contributed by atoms with van der Waals surface area (Å²) >= 11 is 4.91. The van der Waals surface area contributed by atoms with Crippen molar-refractivity contribution >= 4 is 18.2 Å². The van der Waals surface area contributed by atoms with E-state index in [1.807, 2.05) is 6.92 Å². The van der Waals surface area contributed by atoms with Crippen molar-refractivity contribution in [1.82, 2.24) is 9.55 Å². The van der Waals surface area contributed by atoms with Crippen molar-refractivity contribution < 1.29 is 9.90 Å². The molecule has 1 rings (SSSR count). The molecule has 8 heteroatoms. The number of carbonyl (C=O) groups is 1. The number of nitrogens with zero attached hydrogens (tertiary/aromatic N) is 1. The van der Waals surface area contributed by atoms with Gasteiger partial charge in [-0.05, 0) is 38.0 Å². The lowest BCUT2D eigenvalue weighted by Gasteiger charge is -2.03. The molecule has 0 aliphatic heterocycles. The van der Waals surface area contributed by atoms with Gasteiger partial charge in [-0.25, -0.2) is 0 Å². The number of carboxylic acid groups (broad SMARTS) is 1. The van der Waals surface area contributed by atoms with Gasteiger partial charge in [-0.3, -0.25) is 14.2 Å². The first-order chi connectivity index (χ1) is 9.93. The highest BCUT2D eigenvalue weighted by Gasteiger charge is 2.09. The molecule has 6 N–H and O–H groups in total. The van der Waals surface area contributed by atoms with Gasteiger partial charge in [0.05, 0.1) is 0 Å². The Bertz CT molecular complexity index is 498. The lowest BCUT2D eigenvalue weighted by atomic mass is 10.1. The Morgan fingerprint density at radius 2 is 2.19 bits per heavy atom. The Labute approximate surface area is 129 Å². The zero-order valence-corrected chi connectivity index (χ0v) is 13.1. The zero-order chi connectivity index (χ0) is 16.3. The average Bonchev–Trinajstić information content (AvgIpc) is 2.44. The van der Waals surface area contributed by atoms with Crippen molar-refractivity contribution in [2.45, 2.75) is 45.2 Å². The van der Waals surface area contributed by atoms with Crippen LogP contribution in [0.4, 0.5) is 0 Å². The minimum Gasteiger partial charge on any atom is -0.480 e. The van der Waals surface area contributed by atoms with Gasteiger partial charge in [-0.15, -0.1) is 0 Å². The summed E-state index contributed by atoms with van der Waals surface area (Å²) in [5.74, 6) is -0.933. The number of H-pyrrole nitrogens is 1. The molecule has 1 aromatic heterocycles. The lowest BCUT2D eigenvalue weighted by molar-refractivity contribution is -0.138. The molecule has 0 aliphatic carbocycles. The first-order valence-corrected chi connectivity index (χ1v) is 7.31. The second kappa shape index (κ2) is 11.2. The molecule has 0 bridgehead atoms. The summed E-state index contributed by atoms with van der Waals surface area (Å²) in [4.78, 5) is 24.0. The van der Waals surface area contributed by atoms with E-state index in [-0.39, 0.29) is 5.56 Å². The molecule has 120 valence electrons. The lowest BCUT2D eigenvalue weighted by Crippen LogP contribution is -2.29. The van der Waals surface area contributed by atoms with Gasteiger partial charge < -0.3 is 21.6 Å². The van der Waals surface area contributed by atoms with Gasteiger partial charge in [-0.2, -0.15) is 0 Å². The molecule has 7 nitrogen and oxygen atoms in total. The molecule has 0 amide bonds. The molecule has 0 saturated carbocycles. The predicted molar refractivity (Wildman–Crippen MR) is 84.7 cm³/mol. The molecule has 0 aromatic carbocycles. The number of aliphatic carboxylic acids is 1. The van der Waals surface area contributed by atoms with Crippen LogP contribution in [0, 0.1) is 4.77 Å². The fourth-order valence-electron chi connectivity index (χ4n) is 1.52. The van der Waals surface area contributed by atoms with Gasteiger partial charge in [0.25, 0.3) is 5.56 Å². The number of aromatic amines is 1. The molecule has 0 unspecified atom stereocenters. The maximum Gasteiger partial charge on any atom is 0.320 e. The topological polar surface area (TPSA) is 127 Å². The third-order valence-corrected chi connectivity index (χ3v) is 3.02. The largest absolute Gasteiger partial charge is 0.480 e. The molecule has 0 aliphatic rings. The van der Waals surface area contributed by atoms with Gasteiger partial charge in [-0.1, -0.05) is 13.3 Å². The smallest absolute Gasteiger partial charge is 0.320 e.